The minimum Gasteiger partial charge on any atom is -0.469 e. The molecular weight excluding hydrogens is 326 g/mol. The number of aryl methyl sites for hydroxylation is 1. The molecule has 1 aromatic carbocycles. The SMILES string of the molecule is [C-]#[N+]c1cncc(-c2ccc(C(C)(C)C(=O)CCc3ccco3)cc2)n1. The molecule has 5 nitrogen and oxygen atoms in total. The first-order chi connectivity index (χ1) is 12.5. The van der Waals surface area contributed by atoms with E-state index in [0.29, 0.717) is 18.5 Å². The number of benzene rings is 1. The highest BCUT2D eigenvalue weighted by Gasteiger charge is 2.29. The molecule has 26 heavy (non-hydrogen) atoms. The monoisotopic (exact) mass is 345 g/mol. The number of aromatic nitrogens is 2. The third-order valence-electron chi connectivity index (χ3n) is 4.51. The van der Waals surface area contributed by atoms with Crippen molar-refractivity contribution in [2.45, 2.75) is 32.1 Å². The van der Waals surface area contributed by atoms with Gasteiger partial charge in [-0.25, -0.2) is 0 Å². The van der Waals surface area contributed by atoms with Crippen molar-refractivity contribution >= 4 is 11.6 Å². The molecule has 0 aliphatic carbocycles. The van der Waals surface area contributed by atoms with Crippen LogP contribution in [0.4, 0.5) is 5.82 Å². The molecule has 0 saturated carbocycles. The van der Waals surface area contributed by atoms with Gasteiger partial charge in [-0.3, -0.25) is 9.78 Å². The summed E-state index contributed by atoms with van der Waals surface area (Å²) in [5.41, 5.74) is 1.87. The molecule has 0 fully saturated rings. The molecule has 130 valence electrons. The second kappa shape index (κ2) is 7.32. The van der Waals surface area contributed by atoms with Crippen LogP contribution in [0, 0.1) is 6.57 Å². The molecule has 3 rings (SSSR count). The van der Waals surface area contributed by atoms with Gasteiger partial charge in [-0.1, -0.05) is 30.8 Å². The topological polar surface area (TPSA) is 60.4 Å². The number of carbonyl (C=O) groups excluding carboxylic acids is 1. The first-order valence-corrected chi connectivity index (χ1v) is 8.37. The van der Waals surface area contributed by atoms with E-state index in [1.54, 1.807) is 12.5 Å². The van der Waals surface area contributed by atoms with E-state index in [1.165, 1.54) is 6.20 Å². The predicted molar refractivity (Wildman–Crippen MR) is 98.8 cm³/mol. The third-order valence-corrected chi connectivity index (χ3v) is 4.51. The van der Waals surface area contributed by atoms with Crippen LogP contribution in [0.5, 0.6) is 0 Å². The molecule has 5 heteroatoms. The zero-order chi connectivity index (χ0) is 18.6. The minimum absolute atomic E-state index is 0.163. The Labute approximate surface area is 152 Å². The van der Waals surface area contributed by atoms with Crippen molar-refractivity contribution in [1.82, 2.24) is 9.97 Å². The predicted octanol–water partition coefficient (Wildman–Crippen LogP) is 4.77. The normalized spacial score (nSPS) is 11.1. The summed E-state index contributed by atoms with van der Waals surface area (Å²) in [6.45, 7) is 10.9. The zero-order valence-corrected chi connectivity index (χ0v) is 14.8. The van der Waals surface area contributed by atoms with Crippen LogP contribution in [0.25, 0.3) is 16.1 Å². The molecule has 0 spiro atoms. The molecule has 0 N–H and O–H groups in total. The molecule has 0 bridgehead atoms. The molecule has 0 aliphatic rings. The fraction of sp³-hybridized carbons (Fsp3) is 0.238. The van der Waals surface area contributed by atoms with Crippen LogP contribution in [0.1, 0.15) is 31.6 Å². The first-order valence-electron chi connectivity index (χ1n) is 8.37. The first kappa shape index (κ1) is 17.6. The molecule has 2 heterocycles. The Morgan fingerprint density at radius 3 is 2.62 bits per heavy atom. The number of furan rings is 1. The van der Waals surface area contributed by atoms with E-state index in [9.17, 15) is 4.79 Å². The highest BCUT2D eigenvalue weighted by molar-refractivity contribution is 5.89. The van der Waals surface area contributed by atoms with Gasteiger partial charge in [0, 0.05) is 23.8 Å². The number of ketones is 1. The number of Topliss-reactive ketones (excluding diaryl/α,β-unsaturated/α-hetero) is 1. The van der Waals surface area contributed by atoms with Crippen molar-refractivity contribution in [3.8, 4) is 11.3 Å². The maximum Gasteiger partial charge on any atom is 0.288 e. The summed E-state index contributed by atoms with van der Waals surface area (Å²) in [5, 5.41) is 0. The molecular formula is C21H19N3O2. The Hall–Kier alpha value is -3.26. The number of hydrogen-bond donors (Lipinski definition) is 0. The van der Waals surface area contributed by atoms with Gasteiger partial charge in [0.1, 0.15) is 11.5 Å². The van der Waals surface area contributed by atoms with Gasteiger partial charge in [-0.15, -0.1) is 4.98 Å². The maximum absolute atomic E-state index is 12.7. The van der Waals surface area contributed by atoms with E-state index in [-0.39, 0.29) is 11.6 Å². The number of rotatable bonds is 6. The maximum atomic E-state index is 12.7. The molecule has 0 saturated heterocycles. The average molecular weight is 345 g/mol. The van der Waals surface area contributed by atoms with Crippen molar-refractivity contribution in [2.24, 2.45) is 0 Å². The Balaban J connectivity index is 1.75. The molecule has 2 aromatic heterocycles. The second-order valence-electron chi connectivity index (χ2n) is 6.58. The second-order valence-corrected chi connectivity index (χ2v) is 6.58. The minimum atomic E-state index is -0.588. The third kappa shape index (κ3) is 3.70. The lowest BCUT2D eigenvalue weighted by Gasteiger charge is -2.23. The molecule has 0 unspecified atom stereocenters. The lowest BCUT2D eigenvalue weighted by molar-refractivity contribution is -0.123. The van der Waals surface area contributed by atoms with E-state index in [1.807, 2.05) is 50.2 Å². The quantitative estimate of drug-likeness (QED) is 0.604. The fourth-order valence-corrected chi connectivity index (χ4v) is 2.77. The van der Waals surface area contributed by atoms with Crippen LogP contribution < -0.4 is 0 Å². The van der Waals surface area contributed by atoms with Crippen LogP contribution in [-0.4, -0.2) is 15.8 Å². The smallest absolute Gasteiger partial charge is 0.288 e. The molecule has 0 amide bonds. The highest BCUT2D eigenvalue weighted by atomic mass is 16.3. The fourth-order valence-electron chi connectivity index (χ4n) is 2.77. The van der Waals surface area contributed by atoms with Gasteiger partial charge in [-0.2, -0.15) is 0 Å². The summed E-state index contributed by atoms with van der Waals surface area (Å²) in [7, 11) is 0. The lowest BCUT2D eigenvalue weighted by Crippen LogP contribution is -2.29. The average Bonchev–Trinajstić information content (AvgIpc) is 3.19. The van der Waals surface area contributed by atoms with E-state index in [0.717, 1.165) is 16.9 Å². The van der Waals surface area contributed by atoms with E-state index in [2.05, 4.69) is 14.8 Å². The van der Waals surface area contributed by atoms with Crippen molar-refractivity contribution in [2.75, 3.05) is 0 Å². The van der Waals surface area contributed by atoms with Crippen molar-refractivity contribution in [3.63, 3.8) is 0 Å². The van der Waals surface area contributed by atoms with Gasteiger partial charge in [0.25, 0.3) is 5.82 Å². The number of nitrogens with zero attached hydrogens (tertiary/aromatic N) is 3. The number of hydrogen-bond acceptors (Lipinski definition) is 4. The van der Waals surface area contributed by atoms with E-state index < -0.39 is 5.41 Å². The van der Waals surface area contributed by atoms with E-state index >= 15 is 0 Å². The van der Waals surface area contributed by atoms with Crippen LogP contribution in [0.3, 0.4) is 0 Å². The Morgan fingerprint density at radius 1 is 1.19 bits per heavy atom. The van der Waals surface area contributed by atoms with Gasteiger partial charge < -0.3 is 9.26 Å². The van der Waals surface area contributed by atoms with Gasteiger partial charge in [0.2, 0.25) is 0 Å². The summed E-state index contributed by atoms with van der Waals surface area (Å²) >= 11 is 0. The van der Waals surface area contributed by atoms with Crippen LogP contribution >= 0.6 is 0 Å². The molecule has 0 aliphatic heterocycles. The van der Waals surface area contributed by atoms with Gasteiger partial charge >= 0.3 is 0 Å². The van der Waals surface area contributed by atoms with Crippen LogP contribution in [-0.2, 0) is 16.6 Å². The Morgan fingerprint density at radius 2 is 1.96 bits per heavy atom. The summed E-state index contributed by atoms with van der Waals surface area (Å²) < 4.78 is 5.30. The van der Waals surface area contributed by atoms with Gasteiger partial charge in [0.05, 0.1) is 18.7 Å². The van der Waals surface area contributed by atoms with Crippen LogP contribution in [0.15, 0.2) is 59.5 Å². The van der Waals surface area contributed by atoms with Gasteiger partial charge in [-0.05, 0) is 31.5 Å². The lowest BCUT2D eigenvalue weighted by atomic mass is 9.78. The van der Waals surface area contributed by atoms with Crippen molar-refractivity contribution < 1.29 is 9.21 Å². The Bertz CT molecular complexity index is 936. The van der Waals surface area contributed by atoms with Crippen molar-refractivity contribution in [3.05, 3.63) is 77.8 Å². The van der Waals surface area contributed by atoms with Crippen LogP contribution in [0.2, 0.25) is 0 Å². The molecule has 3 aromatic rings. The Kier molecular flexibility index (Phi) is 4.94. The summed E-state index contributed by atoms with van der Waals surface area (Å²) in [6, 6.07) is 11.4. The number of carbonyl (C=O) groups is 1. The largest absolute Gasteiger partial charge is 0.469 e. The summed E-state index contributed by atoms with van der Waals surface area (Å²) in [6.07, 6.45) is 5.72. The highest BCUT2D eigenvalue weighted by Crippen LogP contribution is 2.28. The molecule has 0 atom stereocenters. The standard InChI is InChI=1S/C21H19N3O2/c1-21(2,19(25)11-10-17-5-4-12-26-17)16-8-6-15(7-9-16)18-13-23-14-20(22-3)24-18/h4-9,12-14H,10-11H2,1-2H3. The zero-order valence-electron chi connectivity index (χ0n) is 14.8. The van der Waals surface area contributed by atoms with Crippen molar-refractivity contribution in [1.29, 1.82) is 0 Å². The summed E-state index contributed by atoms with van der Waals surface area (Å²) in [4.78, 5) is 24.3. The molecule has 0 radical (unpaired) electrons. The summed E-state index contributed by atoms with van der Waals surface area (Å²) in [5.74, 6) is 1.25. The van der Waals surface area contributed by atoms with Gasteiger partial charge in [0.15, 0.2) is 5.69 Å². The van der Waals surface area contributed by atoms with E-state index in [4.69, 9.17) is 11.0 Å².